The van der Waals surface area contributed by atoms with E-state index in [0.717, 1.165) is 5.56 Å². The van der Waals surface area contributed by atoms with Gasteiger partial charge in [-0.25, -0.2) is 0 Å². The van der Waals surface area contributed by atoms with E-state index >= 15 is 0 Å². The molecule has 0 aliphatic rings. The van der Waals surface area contributed by atoms with E-state index < -0.39 is 12.0 Å². The van der Waals surface area contributed by atoms with E-state index in [4.69, 9.17) is 5.73 Å². The average molecular weight is 221 g/mol. The number of methoxy groups -OCH3 is 1. The third-order valence-electron chi connectivity index (χ3n) is 2.29. The van der Waals surface area contributed by atoms with Gasteiger partial charge in [0.15, 0.2) is 5.78 Å². The molecule has 0 amide bonds. The molecule has 1 atom stereocenters. The summed E-state index contributed by atoms with van der Waals surface area (Å²) in [4.78, 5) is 22.3. The molecule has 0 heterocycles. The Labute approximate surface area is 94.4 Å². The molecule has 0 spiro atoms. The molecule has 1 rings (SSSR count). The molecule has 4 nitrogen and oxygen atoms in total. The Kier molecular flexibility index (Phi) is 4.19. The molecule has 0 bridgehead atoms. The molecule has 0 aliphatic carbocycles. The Morgan fingerprint density at radius 1 is 1.44 bits per heavy atom. The Morgan fingerprint density at radius 3 is 2.69 bits per heavy atom. The lowest BCUT2D eigenvalue weighted by atomic mass is 10.0. The molecule has 2 N–H and O–H groups in total. The third kappa shape index (κ3) is 3.17. The van der Waals surface area contributed by atoms with Crippen LogP contribution in [-0.2, 0) is 16.0 Å². The summed E-state index contributed by atoms with van der Waals surface area (Å²) in [5, 5.41) is 0. The van der Waals surface area contributed by atoms with Crippen LogP contribution in [0.1, 0.15) is 22.8 Å². The van der Waals surface area contributed by atoms with Gasteiger partial charge >= 0.3 is 5.97 Å². The number of nitrogens with two attached hydrogens (primary N) is 1. The van der Waals surface area contributed by atoms with Crippen LogP contribution in [0.2, 0.25) is 0 Å². The monoisotopic (exact) mass is 221 g/mol. The maximum atomic E-state index is 11.2. The van der Waals surface area contributed by atoms with Gasteiger partial charge in [-0.3, -0.25) is 9.59 Å². The Bertz CT molecular complexity index is 401. The lowest BCUT2D eigenvalue weighted by Gasteiger charge is -2.09. The smallest absolute Gasteiger partial charge is 0.322 e. The molecule has 4 heteroatoms. The van der Waals surface area contributed by atoms with Gasteiger partial charge < -0.3 is 10.5 Å². The molecule has 0 saturated heterocycles. The van der Waals surface area contributed by atoms with Crippen molar-refractivity contribution in [2.45, 2.75) is 19.4 Å². The average Bonchev–Trinajstić information content (AvgIpc) is 2.28. The molecule has 16 heavy (non-hydrogen) atoms. The van der Waals surface area contributed by atoms with E-state index in [9.17, 15) is 9.59 Å². The van der Waals surface area contributed by atoms with Crippen LogP contribution in [0, 0.1) is 0 Å². The fourth-order valence-electron chi connectivity index (χ4n) is 1.41. The van der Waals surface area contributed by atoms with E-state index in [1.165, 1.54) is 14.0 Å². The maximum Gasteiger partial charge on any atom is 0.322 e. The van der Waals surface area contributed by atoms with Crippen LogP contribution in [-0.4, -0.2) is 24.9 Å². The Morgan fingerprint density at radius 2 is 2.12 bits per heavy atom. The standard InChI is InChI=1S/C12H15NO3/c1-8(14)10-5-3-4-9(6-10)7-11(13)12(15)16-2/h3-6,11H,7,13H2,1-2H3. The molecule has 86 valence electrons. The largest absolute Gasteiger partial charge is 0.468 e. The van der Waals surface area contributed by atoms with Gasteiger partial charge in [-0.15, -0.1) is 0 Å². The van der Waals surface area contributed by atoms with Crippen molar-refractivity contribution >= 4 is 11.8 Å². The topological polar surface area (TPSA) is 69.4 Å². The lowest BCUT2D eigenvalue weighted by Crippen LogP contribution is -2.33. The molecule has 0 aliphatic heterocycles. The van der Waals surface area contributed by atoms with E-state index in [1.54, 1.807) is 18.2 Å². The van der Waals surface area contributed by atoms with E-state index in [1.807, 2.05) is 6.07 Å². The van der Waals surface area contributed by atoms with Gasteiger partial charge in [-0.05, 0) is 25.0 Å². The second kappa shape index (κ2) is 5.42. The van der Waals surface area contributed by atoms with Gasteiger partial charge in [-0.1, -0.05) is 18.2 Å². The highest BCUT2D eigenvalue weighted by Crippen LogP contribution is 2.08. The number of carbonyl (C=O) groups is 2. The number of ketones is 1. The summed E-state index contributed by atoms with van der Waals surface area (Å²) < 4.78 is 4.53. The number of carbonyl (C=O) groups excluding carboxylic acids is 2. The molecular formula is C12H15NO3. The molecule has 0 fully saturated rings. The molecule has 0 radical (unpaired) electrons. The van der Waals surface area contributed by atoms with Crippen molar-refractivity contribution in [3.63, 3.8) is 0 Å². The number of hydrogen-bond acceptors (Lipinski definition) is 4. The predicted octanol–water partition coefficient (Wildman–Crippen LogP) is 0.932. The highest BCUT2D eigenvalue weighted by molar-refractivity contribution is 5.94. The maximum absolute atomic E-state index is 11.2. The van der Waals surface area contributed by atoms with Crippen LogP contribution in [0.3, 0.4) is 0 Å². The minimum atomic E-state index is -0.688. The number of Topliss-reactive ketones (excluding diaryl/α,β-unsaturated/α-hetero) is 1. The summed E-state index contributed by atoms with van der Waals surface area (Å²) in [5.41, 5.74) is 7.10. The summed E-state index contributed by atoms with van der Waals surface area (Å²) in [7, 11) is 1.30. The van der Waals surface area contributed by atoms with Gasteiger partial charge in [-0.2, -0.15) is 0 Å². The number of esters is 1. The minimum absolute atomic E-state index is 0.00603. The fourth-order valence-corrected chi connectivity index (χ4v) is 1.41. The van der Waals surface area contributed by atoms with Crippen LogP contribution in [0.4, 0.5) is 0 Å². The molecule has 0 saturated carbocycles. The second-order valence-electron chi connectivity index (χ2n) is 3.59. The van der Waals surface area contributed by atoms with Gasteiger partial charge in [0.25, 0.3) is 0 Å². The van der Waals surface area contributed by atoms with Crippen LogP contribution < -0.4 is 5.73 Å². The first-order valence-corrected chi connectivity index (χ1v) is 4.98. The van der Waals surface area contributed by atoms with Crippen molar-refractivity contribution in [2.24, 2.45) is 5.73 Å². The van der Waals surface area contributed by atoms with Crippen LogP contribution in [0.15, 0.2) is 24.3 Å². The zero-order valence-electron chi connectivity index (χ0n) is 9.40. The summed E-state index contributed by atoms with van der Waals surface area (Å²) in [6.07, 6.45) is 0.369. The van der Waals surface area contributed by atoms with Crippen molar-refractivity contribution in [1.82, 2.24) is 0 Å². The predicted molar refractivity (Wildman–Crippen MR) is 60.1 cm³/mol. The molecule has 1 unspecified atom stereocenters. The van der Waals surface area contributed by atoms with Crippen molar-refractivity contribution in [2.75, 3.05) is 7.11 Å². The SMILES string of the molecule is COC(=O)C(N)Cc1cccc(C(C)=O)c1. The summed E-state index contributed by atoms with van der Waals surface area (Å²) in [6.45, 7) is 1.50. The van der Waals surface area contributed by atoms with Crippen LogP contribution in [0.5, 0.6) is 0 Å². The van der Waals surface area contributed by atoms with E-state index in [0.29, 0.717) is 12.0 Å². The van der Waals surface area contributed by atoms with Gasteiger partial charge in [0.1, 0.15) is 6.04 Å². The summed E-state index contributed by atoms with van der Waals surface area (Å²) in [6, 6.07) is 6.39. The zero-order chi connectivity index (χ0) is 12.1. The summed E-state index contributed by atoms with van der Waals surface area (Å²) in [5.74, 6) is -0.457. The summed E-state index contributed by atoms with van der Waals surface area (Å²) >= 11 is 0. The molecule has 1 aromatic rings. The third-order valence-corrected chi connectivity index (χ3v) is 2.29. The van der Waals surface area contributed by atoms with E-state index in [-0.39, 0.29) is 5.78 Å². The van der Waals surface area contributed by atoms with E-state index in [2.05, 4.69) is 4.74 Å². The minimum Gasteiger partial charge on any atom is -0.468 e. The molecular weight excluding hydrogens is 206 g/mol. The second-order valence-corrected chi connectivity index (χ2v) is 3.59. The number of ether oxygens (including phenoxy) is 1. The first-order valence-electron chi connectivity index (χ1n) is 4.98. The van der Waals surface area contributed by atoms with Crippen molar-refractivity contribution in [3.05, 3.63) is 35.4 Å². The molecule has 0 aromatic heterocycles. The quantitative estimate of drug-likeness (QED) is 0.606. The van der Waals surface area contributed by atoms with Crippen molar-refractivity contribution in [1.29, 1.82) is 0 Å². The van der Waals surface area contributed by atoms with Crippen LogP contribution >= 0.6 is 0 Å². The fraction of sp³-hybridized carbons (Fsp3) is 0.333. The molecule has 1 aromatic carbocycles. The zero-order valence-corrected chi connectivity index (χ0v) is 9.40. The normalized spacial score (nSPS) is 11.9. The first-order chi connectivity index (χ1) is 7.54. The Hall–Kier alpha value is -1.68. The highest BCUT2D eigenvalue weighted by atomic mass is 16.5. The van der Waals surface area contributed by atoms with Crippen molar-refractivity contribution in [3.8, 4) is 0 Å². The number of benzene rings is 1. The first kappa shape index (κ1) is 12.4. The van der Waals surface area contributed by atoms with Gasteiger partial charge in [0.2, 0.25) is 0 Å². The van der Waals surface area contributed by atoms with Gasteiger partial charge in [0.05, 0.1) is 7.11 Å². The van der Waals surface area contributed by atoms with Crippen molar-refractivity contribution < 1.29 is 14.3 Å². The number of hydrogen-bond donors (Lipinski definition) is 1. The lowest BCUT2D eigenvalue weighted by molar-refractivity contribution is -0.142. The van der Waals surface area contributed by atoms with Crippen LogP contribution in [0.25, 0.3) is 0 Å². The number of rotatable bonds is 4. The van der Waals surface area contributed by atoms with Gasteiger partial charge in [0, 0.05) is 5.56 Å². The Balaban J connectivity index is 2.78. The highest BCUT2D eigenvalue weighted by Gasteiger charge is 2.14.